The summed E-state index contributed by atoms with van der Waals surface area (Å²) in [5, 5.41) is 10.4. The Balaban J connectivity index is 2.41. The SMILES string of the molecule is CCn1ccc2c(-c3c(C)ccc(OC)c3C)cc(C#N)nc21. The van der Waals surface area contributed by atoms with Gasteiger partial charge in [0.05, 0.1) is 7.11 Å². The van der Waals surface area contributed by atoms with E-state index in [0.29, 0.717) is 5.69 Å². The van der Waals surface area contributed by atoms with E-state index in [1.54, 1.807) is 7.11 Å². The first-order chi connectivity index (χ1) is 11.1. The molecule has 3 aromatic rings. The number of nitriles is 1. The van der Waals surface area contributed by atoms with Crippen molar-refractivity contribution in [3.05, 3.63) is 47.3 Å². The maximum absolute atomic E-state index is 9.36. The third kappa shape index (κ3) is 2.35. The van der Waals surface area contributed by atoms with E-state index in [1.807, 2.05) is 18.3 Å². The zero-order valence-corrected chi connectivity index (χ0v) is 13.8. The van der Waals surface area contributed by atoms with Crippen molar-refractivity contribution in [2.45, 2.75) is 27.3 Å². The number of methoxy groups -OCH3 is 1. The summed E-state index contributed by atoms with van der Waals surface area (Å²) in [7, 11) is 1.68. The van der Waals surface area contributed by atoms with E-state index in [0.717, 1.165) is 45.6 Å². The first-order valence-electron chi connectivity index (χ1n) is 7.65. The lowest BCUT2D eigenvalue weighted by atomic mass is 9.93. The van der Waals surface area contributed by atoms with Crippen molar-refractivity contribution in [3.63, 3.8) is 0 Å². The number of aromatic nitrogens is 2. The van der Waals surface area contributed by atoms with Crippen LogP contribution in [0, 0.1) is 25.2 Å². The van der Waals surface area contributed by atoms with E-state index in [-0.39, 0.29) is 0 Å². The Bertz CT molecular complexity index is 932. The molecule has 0 bridgehead atoms. The number of aryl methyl sites for hydroxylation is 2. The predicted molar refractivity (Wildman–Crippen MR) is 91.6 cm³/mol. The Morgan fingerprint density at radius 1 is 1.26 bits per heavy atom. The van der Waals surface area contributed by atoms with Crippen LogP contribution in [0.25, 0.3) is 22.2 Å². The van der Waals surface area contributed by atoms with Crippen LogP contribution in [-0.4, -0.2) is 16.7 Å². The zero-order chi connectivity index (χ0) is 16.6. The van der Waals surface area contributed by atoms with Crippen molar-refractivity contribution in [3.8, 4) is 22.9 Å². The Kier molecular flexibility index (Phi) is 3.79. The molecule has 1 aromatic carbocycles. The summed E-state index contributed by atoms with van der Waals surface area (Å²) in [6.07, 6.45) is 2.02. The molecule has 0 aliphatic carbocycles. The molecular formula is C19H19N3O. The minimum Gasteiger partial charge on any atom is -0.496 e. The van der Waals surface area contributed by atoms with Crippen LogP contribution in [0.3, 0.4) is 0 Å². The van der Waals surface area contributed by atoms with E-state index in [1.165, 1.54) is 0 Å². The van der Waals surface area contributed by atoms with E-state index in [9.17, 15) is 5.26 Å². The van der Waals surface area contributed by atoms with Gasteiger partial charge in [0.2, 0.25) is 0 Å². The maximum atomic E-state index is 9.36. The normalized spacial score (nSPS) is 10.7. The van der Waals surface area contributed by atoms with E-state index in [2.05, 4.69) is 48.5 Å². The van der Waals surface area contributed by atoms with Gasteiger partial charge >= 0.3 is 0 Å². The minimum absolute atomic E-state index is 0.433. The molecule has 116 valence electrons. The summed E-state index contributed by atoms with van der Waals surface area (Å²) in [4.78, 5) is 4.48. The molecule has 0 unspecified atom stereocenters. The van der Waals surface area contributed by atoms with E-state index >= 15 is 0 Å². The molecule has 0 aliphatic heterocycles. The van der Waals surface area contributed by atoms with Crippen molar-refractivity contribution in [2.75, 3.05) is 7.11 Å². The van der Waals surface area contributed by atoms with Gasteiger partial charge in [0.15, 0.2) is 0 Å². The number of hydrogen-bond donors (Lipinski definition) is 0. The van der Waals surface area contributed by atoms with Gasteiger partial charge in [-0.1, -0.05) is 6.07 Å². The fraction of sp³-hybridized carbons (Fsp3) is 0.263. The van der Waals surface area contributed by atoms with Crippen LogP contribution in [0.5, 0.6) is 5.75 Å². The number of rotatable bonds is 3. The van der Waals surface area contributed by atoms with Crippen LogP contribution in [0.4, 0.5) is 0 Å². The topological polar surface area (TPSA) is 50.8 Å². The molecule has 0 atom stereocenters. The van der Waals surface area contributed by atoms with Gasteiger partial charge in [-0.05, 0) is 61.2 Å². The smallest absolute Gasteiger partial charge is 0.143 e. The highest BCUT2D eigenvalue weighted by Gasteiger charge is 2.16. The van der Waals surface area contributed by atoms with Crippen LogP contribution in [-0.2, 0) is 6.54 Å². The quantitative estimate of drug-likeness (QED) is 0.728. The molecule has 0 N–H and O–H groups in total. The zero-order valence-electron chi connectivity index (χ0n) is 13.8. The molecule has 0 spiro atoms. The average Bonchev–Trinajstić information content (AvgIpc) is 2.97. The third-order valence-corrected chi connectivity index (χ3v) is 4.30. The Labute approximate surface area is 136 Å². The maximum Gasteiger partial charge on any atom is 0.143 e. The van der Waals surface area contributed by atoms with Crippen LogP contribution in [0.15, 0.2) is 30.5 Å². The molecule has 0 amide bonds. The summed E-state index contributed by atoms with van der Waals surface area (Å²) >= 11 is 0. The highest BCUT2D eigenvalue weighted by atomic mass is 16.5. The van der Waals surface area contributed by atoms with Gasteiger partial charge in [-0.3, -0.25) is 0 Å². The highest BCUT2D eigenvalue weighted by molar-refractivity contribution is 5.96. The number of fused-ring (bicyclic) bond motifs is 1. The van der Waals surface area contributed by atoms with Gasteiger partial charge in [0.25, 0.3) is 0 Å². The molecule has 0 saturated carbocycles. The number of pyridine rings is 1. The first kappa shape index (κ1) is 15.1. The molecule has 4 heteroatoms. The Morgan fingerprint density at radius 2 is 2.04 bits per heavy atom. The van der Waals surface area contributed by atoms with Crippen LogP contribution in [0.1, 0.15) is 23.7 Å². The lowest BCUT2D eigenvalue weighted by Gasteiger charge is -2.15. The molecule has 0 radical (unpaired) electrons. The van der Waals surface area contributed by atoms with Crippen molar-refractivity contribution in [1.29, 1.82) is 5.26 Å². The first-order valence-corrected chi connectivity index (χ1v) is 7.65. The number of hydrogen-bond acceptors (Lipinski definition) is 3. The van der Waals surface area contributed by atoms with Crippen LogP contribution in [0.2, 0.25) is 0 Å². The van der Waals surface area contributed by atoms with Gasteiger partial charge in [0, 0.05) is 18.1 Å². The van der Waals surface area contributed by atoms with Gasteiger partial charge in [0.1, 0.15) is 23.2 Å². The molecule has 23 heavy (non-hydrogen) atoms. The highest BCUT2D eigenvalue weighted by Crippen LogP contribution is 2.37. The lowest BCUT2D eigenvalue weighted by Crippen LogP contribution is -1.98. The number of benzene rings is 1. The minimum atomic E-state index is 0.433. The largest absolute Gasteiger partial charge is 0.496 e. The molecule has 3 rings (SSSR count). The molecule has 0 fully saturated rings. The van der Waals surface area contributed by atoms with Crippen LogP contribution >= 0.6 is 0 Å². The summed E-state index contributed by atoms with van der Waals surface area (Å²) in [6.45, 7) is 7.02. The third-order valence-electron chi connectivity index (χ3n) is 4.30. The summed E-state index contributed by atoms with van der Waals surface area (Å²) in [5.74, 6) is 0.851. The van der Waals surface area contributed by atoms with Crippen molar-refractivity contribution in [1.82, 2.24) is 9.55 Å². The molecule has 0 aliphatic rings. The lowest BCUT2D eigenvalue weighted by molar-refractivity contribution is 0.412. The number of ether oxygens (including phenoxy) is 1. The molecule has 0 saturated heterocycles. The predicted octanol–water partition coefficient (Wildman–Crippen LogP) is 4.22. The summed E-state index contributed by atoms with van der Waals surface area (Å²) < 4.78 is 7.53. The standard InChI is InChI=1S/C19H19N3O/c1-5-22-9-8-15-16(10-14(11-20)21-19(15)22)18-12(2)6-7-17(23-4)13(18)3/h6-10H,5H2,1-4H3. The van der Waals surface area contributed by atoms with Crippen LogP contribution < -0.4 is 4.74 Å². The number of nitrogens with zero attached hydrogens (tertiary/aromatic N) is 3. The van der Waals surface area contributed by atoms with E-state index in [4.69, 9.17) is 4.74 Å². The average molecular weight is 305 g/mol. The Hall–Kier alpha value is -2.80. The monoisotopic (exact) mass is 305 g/mol. The van der Waals surface area contributed by atoms with Crippen molar-refractivity contribution >= 4 is 11.0 Å². The van der Waals surface area contributed by atoms with Crippen molar-refractivity contribution < 1.29 is 4.74 Å². The Morgan fingerprint density at radius 3 is 2.70 bits per heavy atom. The molecule has 4 nitrogen and oxygen atoms in total. The van der Waals surface area contributed by atoms with Gasteiger partial charge in [-0.15, -0.1) is 0 Å². The van der Waals surface area contributed by atoms with Gasteiger partial charge < -0.3 is 9.30 Å². The van der Waals surface area contributed by atoms with Crippen molar-refractivity contribution in [2.24, 2.45) is 0 Å². The fourth-order valence-electron chi connectivity index (χ4n) is 3.14. The summed E-state index contributed by atoms with van der Waals surface area (Å²) in [6, 6.07) is 10.2. The second-order valence-electron chi connectivity index (χ2n) is 5.59. The molecular weight excluding hydrogens is 286 g/mol. The van der Waals surface area contributed by atoms with Gasteiger partial charge in [-0.2, -0.15) is 5.26 Å². The van der Waals surface area contributed by atoms with E-state index < -0.39 is 0 Å². The second kappa shape index (κ2) is 5.77. The molecule has 2 aromatic heterocycles. The summed E-state index contributed by atoms with van der Waals surface area (Å²) in [5.41, 5.74) is 5.66. The molecule has 2 heterocycles. The second-order valence-corrected chi connectivity index (χ2v) is 5.59. The van der Waals surface area contributed by atoms with Gasteiger partial charge in [-0.25, -0.2) is 4.98 Å². The fourth-order valence-corrected chi connectivity index (χ4v) is 3.14.